The van der Waals surface area contributed by atoms with Gasteiger partial charge in [-0.05, 0) is 57.0 Å². The zero-order valence-corrected chi connectivity index (χ0v) is 16.5. The Balaban J connectivity index is 1.76. The van der Waals surface area contributed by atoms with Gasteiger partial charge in [0.25, 0.3) is 0 Å². The normalized spacial score (nSPS) is 15.1. The minimum absolute atomic E-state index is 0.0427. The summed E-state index contributed by atoms with van der Waals surface area (Å²) < 4.78 is 19.1. The number of nitrogens with one attached hydrogen (secondary N) is 1. The molecule has 2 aromatic heterocycles. The van der Waals surface area contributed by atoms with Crippen LogP contribution >= 0.6 is 0 Å². The number of benzene rings is 1. The van der Waals surface area contributed by atoms with E-state index in [1.807, 2.05) is 13.8 Å². The molecule has 1 aliphatic carbocycles. The van der Waals surface area contributed by atoms with Crippen molar-refractivity contribution in [2.24, 2.45) is 0 Å². The zero-order chi connectivity index (χ0) is 20.4. The molecule has 0 spiro atoms. The first kappa shape index (κ1) is 19.2. The highest BCUT2D eigenvalue weighted by Crippen LogP contribution is 2.35. The molecule has 29 heavy (non-hydrogen) atoms. The van der Waals surface area contributed by atoms with Crippen LogP contribution in [0.2, 0.25) is 0 Å². The minimum atomic E-state index is -0.300. The van der Waals surface area contributed by atoms with Crippen molar-refractivity contribution in [2.75, 3.05) is 0 Å². The number of nitrogens with zero attached hydrogens (tertiary/aromatic N) is 3. The summed E-state index contributed by atoms with van der Waals surface area (Å²) in [7, 11) is 0. The summed E-state index contributed by atoms with van der Waals surface area (Å²) in [6.45, 7) is 3.83. The summed E-state index contributed by atoms with van der Waals surface area (Å²) in [5.74, 6) is 1.02. The third-order valence-corrected chi connectivity index (χ3v) is 5.00. The molecule has 0 unspecified atom stereocenters. The summed E-state index contributed by atoms with van der Waals surface area (Å²) in [5.41, 5.74) is 2.88. The standard InChI is InChI=1S/C22H23FN4O2/c1-13(2)29-22-24-12-11-18(25-22)20-19(14-3-7-16(23)8-4-14)26-21(27-20)15-5-9-17(28)10-6-15/h3-4,7-8,11-13,15H,5-6,9-10H2,1-2H3,(H,26,27). The Morgan fingerprint density at radius 1 is 1.10 bits per heavy atom. The number of ether oxygens (including phenoxy) is 1. The van der Waals surface area contributed by atoms with E-state index in [9.17, 15) is 9.18 Å². The maximum Gasteiger partial charge on any atom is 0.317 e. The van der Waals surface area contributed by atoms with Gasteiger partial charge in [0, 0.05) is 30.5 Å². The molecule has 1 saturated carbocycles. The number of hydrogen-bond acceptors (Lipinski definition) is 5. The molecule has 0 bridgehead atoms. The number of aromatic amines is 1. The van der Waals surface area contributed by atoms with E-state index in [2.05, 4.69) is 15.0 Å². The first-order valence-electron chi connectivity index (χ1n) is 9.87. The van der Waals surface area contributed by atoms with Crippen molar-refractivity contribution in [1.82, 2.24) is 19.9 Å². The second-order valence-electron chi connectivity index (χ2n) is 7.56. The van der Waals surface area contributed by atoms with Gasteiger partial charge in [0.1, 0.15) is 17.4 Å². The third kappa shape index (κ3) is 4.34. The van der Waals surface area contributed by atoms with Crippen LogP contribution in [-0.4, -0.2) is 31.8 Å². The highest BCUT2D eigenvalue weighted by atomic mass is 19.1. The Morgan fingerprint density at radius 2 is 1.83 bits per heavy atom. The number of halogens is 1. The van der Waals surface area contributed by atoms with E-state index >= 15 is 0 Å². The summed E-state index contributed by atoms with van der Waals surface area (Å²) in [6, 6.07) is 8.33. The second-order valence-corrected chi connectivity index (χ2v) is 7.56. The van der Waals surface area contributed by atoms with Gasteiger partial charge in [-0.1, -0.05) is 0 Å². The van der Waals surface area contributed by atoms with Gasteiger partial charge in [-0.2, -0.15) is 4.98 Å². The van der Waals surface area contributed by atoms with Crippen molar-refractivity contribution in [3.63, 3.8) is 0 Å². The topological polar surface area (TPSA) is 80.8 Å². The van der Waals surface area contributed by atoms with Crippen molar-refractivity contribution in [1.29, 1.82) is 0 Å². The van der Waals surface area contributed by atoms with E-state index in [4.69, 9.17) is 9.72 Å². The lowest BCUT2D eigenvalue weighted by Crippen LogP contribution is -2.13. The molecule has 2 heterocycles. The van der Waals surface area contributed by atoms with Gasteiger partial charge in [0.2, 0.25) is 0 Å². The van der Waals surface area contributed by atoms with E-state index in [0.29, 0.717) is 36.0 Å². The van der Waals surface area contributed by atoms with Gasteiger partial charge in [-0.25, -0.2) is 14.4 Å². The molecule has 7 heteroatoms. The second kappa shape index (κ2) is 8.11. The number of carbonyl (C=O) groups is 1. The highest BCUT2D eigenvalue weighted by Gasteiger charge is 2.25. The molecule has 0 amide bonds. The van der Waals surface area contributed by atoms with Crippen LogP contribution in [0, 0.1) is 5.82 Å². The fourth-order valence-corrected chi connectivity index (χ4v) is 3.55. The lowest BCUT2D eigenvalue weighted by Gasteiger charge is -2.18. The molecule has 6 nitrogen and oxygen atoms in total. The molecule has 150 valence electrons. The van der Waals surface area contributed by atoms with E-state index < -0.39 is 0 Å². The average molecular weight is 394 g/mol. The first-order valence-corrected chi connectivity index (χ1v) is 9.87. The quantitative estimate of drug-likeness (QED) is 0.679. The number of carbonyl (C=O) groups excluding carboxylic acids is 1. The first-order chi connectivity index (χ1) is 14.0. The van der Waals surface area contributed by atoms with Crippen LogP contribution in [0.25, 0.3) is 22.6 Å². The van der Waals surface area contributed by atoms with Crippen LogP contribution in [0.3, 0.4) is 0 Å². The van der Waals surface area contributed by atoms with Crippen LogP contribution in [0.5, 0.6) is 6.01 Å². The molecule has 1 aliphatic rings. The molecule has 0 saturated heterocycles. The predicted octanol–water partition coefficient (Wildman–Crippen LogP) is 4.69. The third-order valence-electron chi connectivity index (χ3n) is 5.00. The predicted molar refractivity (Wildman–Crippen MR) is 107 cm³/mol. The van der Waals surface area contributed by atoms with Gasteiger partial charge < -0.3 is 9.72 Å². The monoisotopic (exact) mass is 394 g/mol. The molecule has 1 fully saturated rings. The number of aromatic nitrogens is 4. The molecule has 0 radical (unpaired) electrons. The fourth-order valence-electron chi connectivity index (χ4n) is 3.55. The summed E-state index contributed by atoms with van der Waals surface area (Å²) in [5, 5.41) is 0. The number of imidazole rings is 1. The van der Waals surface area contributed by atoms with Crippen molar-refractivity contribution in [3.8, 4) is 28.7 Å². The fraction of sp³-hybridized carbons (Fsp3) is 0.364. The van der Waals surface area contributed by atoms with Crippen LogP contribution < -0.4 is 4.74 Å². The van der Waals surface area contributed by atoms with Gasteiger partial charge in [0.05, 0.1) is 23.2 Å². The van der Waals surface area contributed by atoms with Gasteiger partial charge in [-0.3, -0.25) is 4.79 Å². The van der Waals surface area contributed by atoms with Crippen LogP contribution in [0.15, 0.2) is 36.5 Å². The Hall–Kier alpha value is -3.09. The summed E-state index contributed by atoms with van der Waals surface area (Å²) in [6.07, 6.45) is 4.31. The van der Waals surface area contributed by atoms with Crippen molar-refractivity contribution >= 4 is 5.78 Å². The lowest BCUT2D eigenvalue weighted by molar-refractivity contribution is -0.120. The van der Waals surface area contributed by atoms with Crippen LogP contribution in [-0.2, 0) is 4.79 Å². The highest BCUT2D eigenvalue weighted by molar-refractivity contribution is 5.79. The molecule has 1 aromatic carbocycles. The van der Waals surface area contributed by atoms with E-state index in [0.717, 1.165) is 29.9 Å². The van der Waals surface area contributed by atoms with Crippen molar-refractivity contribution in [3.05, 3.63) is 48.2 Å². The molecule has 4 rings (SSSR count). The Labute approximate surface area is 168 Å². The van der Waals surface area contributed by atoms with E-state index in [1.54, 1.807) is 24.4 Å². The number of Topliss-reactive ketones (excluding diaryl/α,β-unsaturated/α-hetero) is 1. The largest absolute Gasteiger partial charge is 0.461 e. The SMILES string of the molecule is CC(C)Oc1nccc(-c2[nH]c(C3CCC(=O)CC3)nc2-c2ccc(F)cc2)n1. The number of H-pyrrole nitrogens is 1. The zero-order valence-electron chi connectivity index (χ0n) is 16.5. The average Bonchev–Trinajstić information content (AvgIpc) is 3.14. The van der Waals surface area contributed by atoms with Crippen molar-refractivity contribution in [2.45, 2.75) is 51.6 Å². The Kier molecular flexibility index (Phi) is 5.38. The van der Waals surface area contributed by atoms with Gasteiger partial charge >= 0.3 is 6.01 Å². The van der Waals surface area contributed by atoms with Crippen LogP contribution in [0.4, 0.5) is 4.39 Å². The summed E-state index contributed by atoms with van der Waals surface area (Å²) in [4.78, 5) is 28.6. The van der Waals surface area contributed by atoms with Gasteiger partial charge in [-0.15, -0.1) is 0 Å². The molecule has 0 atom stereocenters. The van der Waals surface area contributed by atoms with E-state index in [-0.39, 0.29) is 17.8 Å². The Bertz CT molecular complexity index is 1000. The molecule has 1 N–H and O–H groups in total. The van der Waals surface area contributed by atoms with Crippen molar-refractivity contribution < 1.29 is 13.9 Å². The number of ketones is 1. The maximum absolute atomic E-state index is 13.4. The van der Waals surface area contributed by atoms with E-state index in [1.165, 1.54) is 12.1 Å². The minimum Gasteiger partial charge on any atom is -0.461 e. The summed E-state index contributed by atoms with van der Waals surface area (Å²) >= 11 is 0. The molecular formula is C22H23FN4O2. The maximum atomic E-state index is 13.4. The number of hydrogen-bond donors (Lipinski definition) is 1. The lowest BCUT2D eigenvalue weighted by atomic mass is 9.88. The van der Waals surface area contributed by atoms with Crippen LogP contribution in [0.1, 0.15) is 51.3 Å². The van der Waals surface area contributed by atoms with Gasteiger partial charge in [0.15, 0.2) is 0 Å². The molecule has 3 aromatic rings. The molecular weight excluding hydrogens is 371 g/mol. The molecule has 0 aliphatic heterocycles. The Morgan fingerprint density at radius 3 is 2.52 bits per heavy atom. The number of rotatable bonds is 5. The smallest absolute Gasteiger partial charge is 0.317 e.